The van der Waals surface area contributed by atoms with Crippen LogP contribution in [0.5, 0.6) is 0 Å². The average molecular weight is 363 g/mol. The van der Waals surface area contributed by atoms with Gasteiger partial charge in [-0.2, -0.15) is 0 Å². The van der Waals surface area contributed by atoms with Gasteiger partial charge < -0.3 is 10.4 Å². The van der Waals surface area contributed by atoms with E-state index < -0.39 is 17.0 Å². The van der Waals surface area contributed by atoms with Crippen LogP contribution in [0.3, 0.4) is 0 Å². The van der Waals surface area contributed by atoms with E-state index in [0.717, 1.165) is 6.42 Å². The summed E-state index contributed by atoms with van der Waals surface area (Å²) in [7, 11) is 9.78. The molecular weight excluding hydrogens is 351 g/mol. The summed E-state index contributed by atoms with van der Waals surface area (Å²) in [5, 5.41) is 25.7. The number of nitrogen functional groups attached to an aromatic ring is 1. The van der Waals surface area contributed by atoms with Crippen LogP contribution in [0, 0.1) is 10.4 Å². The molecule has 0 atom stereocenters. The number of halogens is 2. The van der Waals surface area contributed by atoms with Crippen molar-refractivity contribution in [2.45, 2.75) is 6.42 Å². The Kier molecular flexibility index (Phi) is 8.08. The van der Waals surface area contributed by atoms with E-state index in [1.165, 1.54) is 12.1 Å². The molecule has 1 heterocycles. The summed E-state index contributed by atoms with van der Waals surface area (Å²) in [4.78, 5) is 0.332. The molecule has 1 aliphatic carbocycles. The first-order valence-corrected chi connectivity index (χ1v) is 10.1. The molecular formula is C12H12Cl2N4O2Ti. The van der Waals surface area contributed by atoms with Crippen molar-refractivity contribution in [1.29, 1.82) is 0 Å². The Hall–Kier alpha value is -1.34. The first-order chi connectivity index (χ1) is 10.1. The zero-order chi connectivity index (χ0) is 15.7. The van der Waals surface area contributed by atoms with Gasteiger partial charge in [0.15, 0.2) is 5.52 Å². The van der Waals surface area contributed by atoms with Crippen LogP contribution in [0.25, 0.3) is 11.0 Å². The Balaban J connectivity index is 0.000000228. The fourth-order valence-electron chi connectivity index (χ4n) is 1.50. The van der Waals surface area contributed by atoms with Crippen LogP contribution in [-0.4, -0.2) is 5.10 Å². The van der Waals surface area contributed by atoms with E-state index in [1.54, 1.807) is 12.1 Å². The van der Waals surface area contributed by atoms with E-state index in [4.69, 9.17) is 24.3 Å². The normalized spacial score (nSPS) is 11.3. The molecule has 0 radical (unpaired) electrons. The van der Waals surface area contributed by atoms with Crippen molar-refractivity contribution in [3.05, 3.63) is 59.0 Å². The van der Waals surface area contributed by atoms with Gasteiger partial charge in [-0.05, 0) is 12.5 Å². The summed E-state index contributed by atoms with van der Waals surface area (Å²) in [6, 6.07) is 6.31. The summed E-state index contributed by atoms with van der Waals surface area (Å²) in [6.07, 6.45) is 9.50. The fraction of sp³-hybridized carbons (Fsp3) is 0.0833. The molecule has 0 fully saturated rings. The van der Waals surface area contributed by atoms with Crippen molar-refractivity contribution in [1.82, 2.24) is 5.10 Å². The first kappa shape index (κ1) is 17.7. The van der Waals surface area contributed by atoms with E-state index in [-0.39, 0.29) is 17.0 Å². The van der Waals surface area contributed by atoms with Crippen LogP contribution in [-0.2, 0) is 17.0 Å². The van der Waals surface area contributed by atoms with Crippen molar-refractivity contribution in [3.8, 4) is 0 Å². The van der Waals surface area contributed by atoms with E-state index in [1.807, 2.05) is 0 Å². The van der Waals surface area contributed by atoms with E-state index in [2.05, 4.69) is 29.4 Å². The number of nitrogens with two attached hydrogens (primary N) is 1. The first-order valence-electron chi connectivity index (χ1n) is 5.77. The molecule has 0 unspecified atom stereocenters. The van der Waals surface area contributed by atoms with Crippen molar-refractivity contribution >= 4 is 35.6 Å². The average Bonchev–Trinajstić information content (AvgIpc) is 3.05. The van der Waals surface area contributed by atoms with E-state index >= 15 is 0 Å². The van der Waals surface area contributed by atoms with Crippen molar-refractivity contribution in [2.75, 3.05) is 5.73 Å². The monoisotopic (exact) mass is 362 g/mol. The maximum atomic E-state index is 11.3. The third-order valence-corrected chi connectivity index (χ3v) is 2.36. The van der Waals surface area contributed by atoms with Gasteiger partial charge in [0.1, 0.15) is 0 Å². The topological polar surface area (TPSA) is 92.8 Å². The Morgan fingerprint density at radius 1 is 1.10 bits per heavy atom. The standard InChI is InChI=1S/C7H6N4O2.C5H6.2ClH.Ti/c8-7-9-11(13)6-4-2-1-3-5(6)10(7)12;1-2-4-5-3-1;;;/h1-4H,(H2,8,9);1-4H,5H2;2*1H;/q;;;;+2/p-2. The van der Waals surface area contributed by atoms with Crippen molar-refractivity contribution < 1.29 is 26.6 Å². The number of hydrogen-bond donors (Lipinski definition) is 1. The predicted molar refractivity (Wildman–Crippen MR) is 78.7 cm³/mol. The second-order valence-electron chi connectivity index (χ2n) is 3.68. The van der Waals surface area contributed by atoms with Crippen LogP contribution >= 0.6 is 18.6 Å². The third kappa shape index (κ3) is 5.51. The molecule has 0 spiro atoms. The SMILES string of the molecule is C1=CCC=C1.Nc1n[n+]([O-])c2ccccc2[n+]1[O-].[Cl][Ti][Cl]. The van der Waals surface area contributed by atoms with E-state index in [9.17, 15) is 10.4 Å². The molecule has 0 saturated carbocycles. The van der Waals surface area contributed by atoms with Crippen molar-refractivity contribution in [2.24, 2.45) is 0 Å². The molecule has 2 aromatic rings. The van der Waals surface area contributed by atoms with Crippen LogP contribution < -0.4 is 15.3 Å². The second-order valence-corrected chi connectivity index (χ2v) is 6.26. The number of aromatic nitrogens is 3. The van der Waals surface area contributed by atoms with Gasteiger partial charge in [-0.1, -0.05) is 36.4 Å². The number of nitrogens with zero attached hydrogens (tertiary/aromatic N) is 3. The second kappa shape index (κ2) is 9.57. The van der Waals surface area contributed by atoms with Gasteiger partial charge in [-0.25, -0.2) is 4.73 Å². The quantitative estimate of drug-likeness (QED) is 0.440. The van der Waals surface area contributed by atoms with Gasteiger partial charge >= 0.3 is 41.6 Å². The molecule has 9 heteroatoms. The molecule has 110 valence electrons. The molecule has 0 saturated heterocycles. The Morgan fingerprint density at radius 2 is 1.62 bits per heavy atom. The molecule has 0 amide bonds. The van der Waals surface area contributed by atoms with Gasteiger partial charge in [0.2, 0.25) is 5.10 Å². The van der Waals surface area contributed by atoms with Gasteiger partial charge in [0, 0.05) is 10.9 Å². The number of para-hydroxylation sites is 2. The third-order valence-electron chi connectivity index (χ3n) is 2.36. The number of fused-ring (bicyclic) bond motifs is 1. The zero-order valence-corrected chi connectivity index (χ0v) is 13.9. The zero-order valence-electron chi connectivity index (χ0n) is 10.8. The van der Waals surface area contributed by atoms with Crippen LogP contribution in [0.2, 0.25) is 0 Å². The van der Waals surface area contributed by atoms with Gasteiger partial charge in [-0.15, -0.1) is 0 Å². The molecule has 3 rings (SSSR count). The number of rotatable bonds is 0. The van der Waals surface area contributed by atoms with Gasteiger partial charge in [0.25, 0.3) is 5.52 Å². The summed E-state index contributed by atoms with van der Waals surface area (Å²) in [5.74, 6) is -0.353. The summed E-state index contributed by atoms with van der Waals surface area (Å²) in [5.41, 5.74) is 5.62. The molecule has 2 N–H and O–H groups in total. The maximum absolute atomic E-state index is 11.3. The summed E-state index contributed by atoms with van der Waals surface area (Å²) in [6.45, 7) is 0. The summed E-state index contributed by atoms with van der Waals surface area (Å²) >= 11 is -0.556. The molecule has 1 aromatic carbocycles. The van der Waals surface area contributed by atoms with Gasteiger partial charge in [-0.3, -0.25) is 5.73 Å². The van der Waals surface area contributed by atoms with Crippen LogP contribution in [0.15, 0.2) is 48.6 Å². The minimum absolute atomic E-state index is 0.201. The molecule has 1 aliphatic rings. The number of benzene rings is 1. The molecule has 1 aromatic heterocycles. The van der Waals surface area contributed by atoms with Crippen LogP contribution in [0.4, 0.5) is 5.95 Å². The van der Waals surface area contributed by atoms with Crippen molar-refractivity contribution in [3.63, 3.8) is 0 Å². The number of hydrogen-bond acceptors (Lipinski definition) is 4. The molecule has 0 aliphatic heterocycles. The Morgan fingerprint density at radius 3 is 2.10 bits per heavy atom. The predicted octanol–water partition coefficient (Wildman–Crippen LogP) is 1.96. The Labute approximate surface area is 138 Å². The fourth-order valence-corrected chi connectivity index (χ4v) is 1.50. The molecule has 6 nitrogen and oxygen atoms in total. The summed E-state index contributed by atoms with van der Waals surface area (Å²) < 4.78 is 0.420. The van der Waals surface area contributed by atoms with E-state index in [0.29, 0.717) is 9.58 Å². The number of allylic oxidation sites excluding steroid dienone is 4. The molecule has 21 heavy (non-hydrogen) atoms. The minimum atomic E-state index is -0.556. The van der Waals surface area contributed by atoms with Gasteiger partial charge in [0.05, 0.1) is 0 Å². The number of anilines is 1. The molecule has 0 bridgehead atoms. The van der Waals surface area contributed by atoms with Crippen LogP contribution in [0.1, 0.15) is 6.42 Å². The Bertz CT molecular complexity index is 642.